The molecule has 2 aromatic carbocycles. The van der Waals surface area contributed by atoms with Crippen molar-refractivity contribution in [2.75, 3.05) is 4.90 Å². The first-order valence-electron chi connectivity index (χ1n) is 9.71. The van der Waals surface area contributed by atoms with Gasteiger partial charge in [-0.2, -0.15) is 10.1 Å². The largest absolute Gasteiger partial charge is 0.274 e. The standard InChI is InChI=1S/C23H26N4O/c1-16-10-12-18(13-11-16)19-14-20(17-8-6-5-7-9-17)27-22(24-15-25-27)26(19)21(28)23(2,3)4/h5-13,15,19-20H,14H2,1-4H3/t19-,20+/m1/s1. The number of hydrogen-bond acceptors (Lipinski definition) is 3. The van der Waals surface area contributed by atoms with E-state index in [0.29, 0.717) is 5.95 Å². The Morgan fingerprint density at radius 1 is 0.964 bits per heavy atom. The Bertz CT molecular complexity index is 970. The van der Waals surface area contributed by atoms with Crippen LogP contribution in [0.4, 0.5) is 5.95 Å². The smallest absolute Gasteiger partial charge is 0.235 e. The summed E-state index contributed by atoms with van der Waals surface area (Å²) in [6, 6.07) is 18.7. The minimum atomic E-state index is -0.515. The third kappa shape index (κ3) is 3.21. The van der Waals surface area contributed by atoms with Crippen molar-refractivity contribution >= 4 is 11.9 Å². The number of nitrogens with zero attached hydrogens (tertiary/aromatic N) is 4. The van der Waals surface area contributed by atoms with E-state index < -0.39 is 5.41 Å². The van der Waals surface area contributed by atoms with Crippen LogP contribution in [0.2, 0.25) is 0 Å². The van der Waals surface area contributed by atoms with Crippen LogP contribution in [0.5, 0.6) is 0 Å². The number of aromatic nitrogens is 3. The molecule has 1 aliphatic heterocycles. The molecule has 2 atom stereocenters. The van der Waals surface area contributed by atoms with E-state index in [2.05, 4.69) is 53.4 Å². The van der Waals surface area contributed by atoms with E-state index in [4.69, 9.17) is 0 Å². The molecule has 5 nitrogen and oxygen atoms in total. The van der Waals surface area contributed by atoms with Gasteiger partial charge in [-0.25, -0.2) is 4.68 Å². The monoisotopic (exact) mass is 374 g/mol. The Morgan fingerprint density at radius 2 is 1.61 bits per heavy atom. The topological polar surface area (TPSA) is 51.0 Å². The van der Waals surface area contributed by atoms with Crippen molar-refractivity contribution in [1.82, 2.24) is 14.8 Å². The number of anilines is 1. The number of amides is 1. The lowest BCUT2D eigenvalue weighted by atomic mass is 9.88. The van der Waals surface area contributed by atoms with Crippen molar-refractivity contribution < 1.29 is 4.79 Å². The first kappa shape index (κ1) is 18.4. The summed E-state index contributed by atoms with van der Waals surface area (Å²) in [6.45, 7) is 7.93. The molecule has 0 N–H and O–H groups in total. The van der Waals surface area contributed by atoms with E-state index in [0.717, 1.165) is 12.0 Å². The van der Waals surface area contributed by atoms with Crippen molar-refractivity contribution in [2.45, 2.75) is 46.2 Å². The van der Waals surface area contributed by atoms with E-state index in [1.165, 1.54) is 11.1 Å². The number of benzene rings is 2. The SMILES string of the molecule is Cc1ccc([C@H]2C[C@@H](c3ccccc3)n3ncnc3N2C(=O)C(C)(C)C)cc1. The van der Waals surface area contributed by atoms with Crippen LogP contribution in [0.25, 0.3) is 0 Å². The Kier molecular flexibility index (Phi) is 4.53. The van der Waals surface area contributed by atoms with Crippen molar-refractivity contribution in [2.24, 2.45) is 5.41 Å². The second-order valence-corrected chi connectivity index (χ2v) is 8.52. The molecular weight excluding hydrogens is 348 g/mol. The maximum absolute atomic E-state index is 13.4. The molecule has 1 aliphatic rings. The number of hydrogen-bond donors (Lipinski definition) is 0. The van der Waals surface area contributed by atoms with Crippen LogP contribution in [0.1, 0.15) is 56.0 Å². The highest BCUT2D eigenvalue weighted by atomic mass is 16.2. The Morgan fingerprint density at radius 3 is 2.25 bits per heavy atom. The normalized spacial score (nSPS) is 19.4. The molecule has 1 amide bonds. The second kappa shape index (κ2) is 6.89. The van der Waals surface area contributed by atoms with Crippen LogP contribution in [-0.4, -0.2) is 20.7 Å². The fourth-order valence-electron chi connectivity index (χ4n) is 3.81. The van der Waals surface area contributed by atoms with Crippen LogP contribution in [0.15, 0.2) is 60.9 Å². The van der Waals surface area contributed by atoms with Crippen molar-refractivity contribution in [1.29, 1.82) is 0 Å². The van der Waals surface area contributed by atoms with Crippen molar-refractivity contribution in [3.63, 3.8) is 0 Å². The van der Waals surface area contributed by atoms with Crippen LogP contribution in [-0.2, 0) is 4.79 Å². The predicted octanol–water partition coefficient (Wildman–Crippen LogP) is 4.70. The number of aryl methyl sites for hydroxylation is 1. The Balaban J connectivity index is 1.86. The molecule has 144 valence electrons. The van der Waals surface area contributed by atoms with E-state index in [1.807, 2.05) is 48.6 Å². The molecule has 0 spiro atoms. The molecule has 0 unspecified atom stereocenters. The molecule has 0 bridgehead atoms. The molecule has 2 heterocycles. The zero-order chi connectivity index (χ0) is 19.9. The second-order valence-electron chi connectivity index (χ2n) is 8.52. The lowest BCUT2D eigenvalue weighted by Gasteiger charge is -2.41. The van der Waals surface area contributed by atoms with Gasteiger partial charge < -0.3 is 0 Å². The van der Waals surface area contributed by atoms with Crippen LogP contribution in [0, 0.1) is 12.3 Å². The van der Waals surface area contributed by atoms with Gasteiger partial charge in [0.05, 0.1) is 12.1 Å². The van der Waals surface area contributed by atoms with Gasteiger partial charge in [0, 0.05) is 5.41 Å². The molecule has 4 rings (SSSR count). The minimum absolute atomic E-state index is 0.0361. The summed E-state index contributed by atoms with van der Waals surface area (Å²) in [7, 11) is 0. The third-order valence-corrected chi connectivity index (χ3v) is 5.33. The average molecular weight is 374 g/mol. The number of carbonyl (C=O) groups excluding carboxylic acids is 1. The zero-order valence-corrected chi connectivity index (χ0v) is 16.8. The number of fused-ring (bicyclic) bond motifs is 1. The van der Waals surface area contributed by atoms with Gasteiger partial charge in [0.15, 0.2) is 0 Å². The van der Waals surface area contributed by atoms with Gasteiger partial charge in [-0.05, 0) is 24.5 Å². The highest BCUT2D eigenvalue weighted by molar-refractivity contribution is 5.96. The molecule has 0 aliphatic carbocycles. The fraction of sp³-hybridized carbons (Fsp3) is 0.348. The minimum Gasteiger partial charge on any atom is -0.274 e. The number of rotatable bonds is 2. The highest BCUT2D eigenvalue weighted by Gasteiger charge is 2.42. The quantitative estimate of drug-likeness (QED) is 0.653. The summed E-state index contributed by atoms with van der Waals surface area (Å²) < 4.78 is 1.89. The fourth-order valence-corrected chi connectivity index (χ4v) is 3.81. The summed E-state index contributed by atoms with van der Waals surface area (Å²) in [5, 5.41) is 4.48. The van der Waals surface area contributed by atoms with E-state index in [1.54, 1.807) is 6.33 Å². The van der Waals surface area contributed by atoms with Crippen molar-refractivity contribution in [3.8, 4) is 0 Å². The molecule has 0 fully saturated rings. The maximum atomic E-state index is 13.4. The maximum Gasteiger partial charge on any atom is 0.235 e. The summed E-state index contributed by atoms with van der Waals surface area (Å²) in [4.78, 5) is 19.8. The highest BCUT2D eigenvalue weighted by Crippen LogP contribution is 2.43. The Hall–Kier alpha value is -2.95. The first-order chi connectivity index (χ1) is 13.4. The lowest BCUT2D eigenvalue weighted by Crippen LogP contribution is -2.47. The van der Waals surface area contributed by atoms with Crippen molar-refractivity contribution in [3.05, 3.63) is 77.6 Å². The summed E-state index contributed by atoms with van der Waals surface area (Å²) in [6.07, 6.45) is 2.30. The van der Waals surface area contributed by atoms with Gasteiger partial charge in [0.1, 0.15) is 6.33 Å². The van der Waals surface area contributed by atoms with Gasteiger partial charge in [-0.1, -0.05) is 80.9 Å². The summed E-state index contributed by atoms with van der Waals surface area (Å²) >= 11 is 0. The Labute approximate surface area is 166 Å². The van der Waals surface area contributed by atoms with Gasteiger partial charge in [-0.15, -0.1) is 0 Å². The lowest BCUT2D eigenvalue weighted by molar-refractivity contribution is -0.126. The van der Waals surface area contributed by atoms with E-state index in [9.17, 15) is 4.79 Å². The molecule has 0 saturated carbocycles. The summed E-state index contributed by atoms with van der Waals surface area (Å²) in [5.74, 6) is 0.671. The zero-order valence-electron chi connectivity index (χ0n) is 16.8. The molecule has 0 saturated heterocycles. The molecule has 3 aromatic rings. The van der Waals surface area contributed by atoms with Gasteiger partial charge in [0.25, 0.3) is 0 Å². The van der Waals surface area contributed by atoms with E-state index >= 15 is 0 Å². The molecule has 28 heavy (non-hydrogen) atoms. The van der Waals surface area contributed by atoms with Gasteiger partial charge in [0.2, 0.25) is 11.9 Å². The molecule has 0 radical (unpaired) electrons. The number of carbonyl (C=O) groups is 1. The molecule has 5 heteroatoms. The molecule has 1 aromatic heterocycles. The average Bonchev–Trinajstić information content (AvgIpc) is 3.16. The predicted molar refractivity (Wildman–Crippen MR) is 110 cm³/mol. The third-order valence-electron chi connectivity index (χ3n) is 5.33. The summed E-state index contributed by atoms with van der Waals surface area (Å²) in [5.41, 5.74) is 2.99. The van der Waals surface area contributed by atoms with Gasteiger partial charge in [-0.3, -0.25) is 9.69 Å². The molecular formula is C23H26N4O. The van der Waals surface area contributed by atoms with Gasteiger partial charge >= 0.3 is 0 Å². The van der Waals surface area contributed by atoms with Crippen LogP contribution in [0.3, 0.4) is 0 Å². The van der Waals surface area contributed by atoms with Crippen LogP contribution < -0.4 is 4.90 Å². The first-order valence-corrected chi connectivity index (χ1v) is 9.71. The van der Waals surface area contributed by atoms with E-state index in [-0.39, 0.29) is 18.0 Å². The van der Waals surface area contributed by atoms with Crippen LogP contribution >= 0.6 is 0 Å².